The van der Waals surface area contributed by atoms with E-state index in [9.17, 15) is 14.9 Å². The molecule has 138 valence electrons. The number of hydrogen-bond donors (Lipinski definition) is 2. The number of rotatable bonds is 5. The number of nitro groups is 1. The third-order valence-corrected chi connectivity index (χ3v) is 4.26. The zero-order valence-corrected chi connectivity index (χ0v) is 14.9. The molecule has 1 aromatic heterocycles. The Balaban J connectivity index is 1.89. The van der Waals surface area contributed by atoms with E-state index in [1.54, 1.807) is 37.3 Å². The molecule has 0 fully saturated rings. The van der Waals surface area contributed by atoms with Crippen LogP contribution in [0.25, 0.3) is 11.3 Å². The Morgan fingerprint density at radius 3 is 2.52 bits per heavy atom. The van der Waals surface area contributed by atoms with Crippen molar-refractivity contribution in [1.82, 2.24) is 0 Å². The van der Waals surface area contributed by atoms with Gasteiger partial charge in [-0.15, -0.1) is 0 Å². The van der Waals surface area contributed by atoms with Crippen LogP contribution in [0, 0.1) is 24.0 Å². The van der Waals surface area contributed by atoms with Crippen molar-refractivity contribution >= 4 is 17.3 Å². The minimum absolute atomic E-state index is 0.0970. The standard InChI is InChI=1S/C20H18N2O5/c1-12-3-5-14(19-8-7-16(11-23)27-19)9-17(12)21-20(24)15-6-4-13(2)18(10-15)22(25)26/h3-10,23H,11H2,1-2H3,(H,21,24). The predicted molar refractivity (Wildman–Crippen MR) is 101 cm³/mol. The zero-order valence-electron chi connectivity index (χ0n) is 14.9. The molecule has 0 aliphatic rings. The monoisotopic (exact) mass is 366 g/mol. The van der Waals surface area contributed by atoms with Gasteiger partial charge in [0.15, 0.2) is 0 Å². The summed E-state index contributed by atoms with van der Waals surface area (Å²) in [4.78, 5) is 23.1. The molecular weight excluding hydrogens is 348 g/mol. The van der Waals surface area contributed by atoms with E-state index in [0.29, 0.717) is 22.8 Å². The molecule has 1 amide bonds. The van der Waals surface area contributed by atoms with Crippen molar-refractivity contribution in [1.29, 1.82) is 0 Å². The molecule has 1 heterocycles. The van der Waals surface area contributed by atoms with Crippen LogP contribution in [0.1, 0.15) is 27.2 Å². The number of aryl methyl sites for hydroxylation is 2. The summed E-state index contributed by atoms with van der Waals surface area (Å²) in [6.07, 6.45) is 0. The first-order valence-electron chi connectivity index (χ1n) is 8.26. The Kier molecular flexibility index (Phi) is 5.05. The highest BCUT2D eigenvalue weighted by Crippen LogP contribution is 2.28. The number of nitro benzene ring substituents is 1. The van der Waals surface area contributed by atoms with Gasteiger partial charge in [-0.3, -0.25) is 14.9 Å². The Bertz CT molecular complexity index is 1020. The Morgan fingerprint density at radius 2 is 1.85 bits per heavy atom. The van der Waals surface area contributed by atoms with Gasteiger partial charge in [0.1, 0.15) is 18.1 Å². The number of anilines is 1. The van der Waals surface area contributed by atoms with Gasteiger partial charge in [0.25, 0.3) is 11.6 Å². The molecule has 0 atom stereocenters. The fraction of sp³-hybridized carbons (Fsp3) is 0.150. The number of aliphatic hydroxyl groups excluding tert-OH is 1. The quantitative estimate of drug-likeness (QED) is 0.519. The fourth-order valence-electron chi connectivity index (χ4n) is 2.67. The lowest BCUT2D eigenvalue weighted by Gasteiger charge is -2.10. The Hall–Kier alpha value is -3.45. The third kappa shape index (κ3) is 3.88. The molecule has 27 heavy (non-hydrogen) atoms. The van der Waals surface area contributed by atoms with Crippen molar-refractivity contribution in [3.05, 3.63) is 81.1 Å². The number of furan rings is 1. The molecule has 2 aromatic carbocycles. The summed E-state index contributed by atoms with van der Waals surface area (Å²) in [5, 5.41) is 23.0. The van der Waals surface area contributed by atoms with Gasteiger partial charge in [-0.2, -0.15) is 0 Å². The molecule has 0 radical (unpaired) electrons. The Labute approximate surface area is 155 Å². The zero-order chi connectivity index (χ0) is 19.6. The molecule has 0 saturated heterocycles. The maximum absolute atomic E-state index is 12.6. The maximum atomic E-state index is 12.6. The molecule has 0 spiro atoms. The number of nitrogens with one attached hydrogen (secondary N) is 1. The molecule has 7 heteroatoms. The van der Waals surface area contributed by atoms with E-state index in [-0.39, 0.29) is 17.9 Å². The molecular formula is C20H18N2O5. The summed E-state index contributed by atoms with van der Waals surface area (Å²) >= 11 is 0. The average molecular weight is 366 g/mol. The van der Waals surface area contributed by atoms with Crippen LogP contribution >= 0.6 is 0 Å². The largest absolute Gasteiger partial charge is 0.459 e. The summed E-state index contributed by atoms with van der Waals surface area (Å²) in [7, 11) is 0. The lowest BCUT2D eigenvalue weighted by molar-refractivity contribution is -0.385. The average Bonchev–Trinajstić information content (AvgIpc) is 3.12. The predicted octanol–water partition coefficient (Wildman–Crippen LogP) is 4.22. The minimum atomic E-state index is -0.506. The number of amides is 1. The maximum Gasteiger partial charge on any atom is 0.273 e. The van der Waals surface area contributed by atoms with Crippen molar-refractivity contribution in [3.63, 3.8) is 0 Å². The Morgan fingerprint density at radius 1 is 1.11 bits per heavy atom. The highest BCUT2D eigenvalue weighted by molar-refractivity contribution is 6.05. The first-order chi connectivity index (χ1) is 12.9. The first-order valence-corrected chi connectivity index (χ1v) is 8.26. The highest BCUT2D eigenvalue weighted by atomic mass is 16.6. The van der Waals surface area contributed by atoms with E-state index in [2.05, 4.69) is 5.32 Å². The summed E-state index contributed by atoms with van der Waals surface area (Å²) in [5.41, 5.74) is 2.75. The van der Waals surface area contributed by atoms with Gasteiger partial charge in [0.2, 0.25) is 0 Å². The van der Waals surface area contributed by atoms with Crippen molar-refractivity contribution in [2.45, 2.75) is 20.5 Å². The van der Waals surface area contributed by atoms with Gasteiger partial charge in [0.05, 0.1) is 4.92 Å². The second kappa shape index (κ2) is 7.43. The van der Waals surface area contributed by atoms with Crippen LogP contribution in [0.3, 0.4) is 0 Å². The molecule has 3 rings (SSSR count). The van der Waals surface area contributed by atoms with Crippen LogP contribution in [0.15, 0.2) is 52.9 Å². The molecule has 0 unspecified atom stereocenters. The highest BCUT2D eigenvalue weighted by Gasteiger charge is 2.16. The van der Waals surface area contributed by atoms with Gasteiger partial charge in [0, 0.05) is 28.4 Å². The number of carbonyl (C=O) groups excluding carboxylic acids is 1. The van der Waals surface area contributed by atoms with Crippen molar-refractivity contribution in [2.24, 2.45) is 0 Å². The number of hydrogen-bond acceptors (Lipinski definition) is 5. The van der Waals surface area contributed by atoms with E-state index in [0.717, 1.165) is 11.1 Å². The normalized spacial score (nSPS) is 10.6. The van der Waals surface area contributed by atoms with E-state index in [4.69, 9.17) is 9.52 Å². The van der Waals surface area contributed by atoms with Crippen LogP contribution in [-0.4, -0.2) is 15.9 Å². The SMILES string of the molecule is Cc1ccc(-c2ccc(CO)o2)cc1NC(=O)c1ccc(C)c([N+](=O)[O-])c1. The molecule has 0 saturated carbocycles. The lowest BCUT2D eigenvalue weighted by Crippen LogP contribution is -2.13. The third-order valence-electron chi connectivity index (χ3n) is 4.26. The first kappa shape index (κ1) is 18.3. The van der Waals surface area contributed by atoms with Crippen molar-refractivity contribution in [2.75, 3.05) is 5.32 Å². The van der Waals surface area contributed by atoms with Crippen molar-refractivity contribution < 1.29 is 19.2 Å². The molecule has 0 bridgehead atoms. The smallest absolute Gasteiger partial charge is 0.273 e. The number of carbonyl (C=O) groups is 1. The van der Waals surface area contributed by atoms with E-state index in [1.807, 2.05) is 19.1 Å². The van der Waals surface area contributed by atoms with Gasteiger partial charge >= 0.3 is 0 Å². The van der Waals surface area contributed by atoms with Crippen LogP contribution < -0.4 is 5.32 Å². The fourth-order valence-corrected chi connectivity index (χ4v) is 2.67. The van der Waals surface area contributed by atoms with Gasteiger partial charge in [-0.25, -0.2) is 0 Å². The van der Waals surface area contributed by atoms with Gasteiger partial charge in [-0.1, -0.05) is 18.2 Å². The van der Waals surface area contributed by atoms with E-state index < -0.39 is 10.8 Å². The van der Waals surface area contributed by atoms with Crippen molar-refractivity contribution in [3.8, 4) is 11.3 Å². The van der Waals surface area contributed by atoms with E-state index >= 15 is 0 Å². The summed E-state index contributed by atoms with van der Waals surface area (Å²) < 4.78 is 5.52. The van der Waals surface area contributed by atoms with Gasteiger partial charge < -0.3 is 14.8 Å². The van der Waals surface area contributed by atoms with Crippen LogP contribution in [-0.2, 0) is 6.61 Å². The number of aliphatic hydroxyl groups is 1. The molecule has 3 aromatic rings. The minimum Gasteiger partial charge on any atom is -0.459 e. The summed E-state index contributed by atoms with van der Waals surface area (Å²) in [6, 6.07) is 13.2. The molecule has 0 aliphatic heterocycles. The molecule has 7 nitrogen and oxygen atoms in total. The van der Waals surface area contributed by atoms with Gasteiger partial charge in [-0.05, 0) is 43.7 Å². The van der Waals surface area contributed by atoms with E-state index in [1.165, 1.54) is 6.07 Å². The second-order valence-electron chi connectivity index (χ2n) is 6.17. The summed E-state index contributed by atoms with van der Waals surface area (Å²) in [6.45, 7) is 3.28. The second-order valence-corrected chi connectivity index (χ2v) is 6.17. The summed E-state index contributed by atoms with van der Waals surface area (Å²) in [5.74, 6) is 0.581. The topological polar surface area (TPSA) is 106 Å². The molecule has 0 aliphatic carbocycles. The van der Waals surface area contributed by atoms with Crippen LogP contribution in [0.2, 0.25) is 0 Å². The van der Waals surface area contributed by atoms with Crippen LogP contribution in [0.4, 0.5) is 11.4 Å². The number of nitrogens with zero attached hydrogens (tertiary/aromatic N) is 1. The van der Waals surface area contributed by atoms with Crippen LogP contribution in [0.5, 0.6) is 0 Å². The number of benzene rings is 2. The lowest BCUT2D eigenvalue weighted by atomic mass is 10.1. The molecule has 2 N–H and O–H groups in total.